The van der Waals surface area contributed by atoms with Crippen molar-refractivity contribution < 1.29 is 43.7 Å². The number of hydrogen-bond donors (Lipinski definition) is 5. The molecule has 14 heteroatoms. The molecule has 7 unspecified atom stereocenters. The van der Waals surface area contributed by atoms with Crippen LogP contribution < -0.4 is 26.0 Å². The standard InChI is InChI=1S/C48H43N5O9/c1-29(31-13-5-2-6-14-31)51-47(60)52-37-24-19-30(12-11-25-50-46(49)59)28-36(37)48(45(52)58)38(43(55)56)40-44(57)62-41(33-17-9-4-10-18-33)39(32-15-7-3-8-16-32)53(40)42(48)34-20-22-35(23-21-34)61-27-26-54/h2-10,13-24,28-29,38-42,54H,25-27H2,1H3,(H,51,60)(H,55,56)(H3,49,50,59). The van der Waals surface area contributed by atoms with Crippen LogP contribution in [0, 0.1) is 17.8 Å². The number of carboxylic acids is 1. The summed E-state index contributed by atoms with van der Waals surface area (Å²) in [5.41, 5.74) is 6.22. The highest BCUT2D eigenvalue weighted by molar-refractivity contribution is 6.24. The summed E-state index contributed by atoms with van der Waals surface area (Å²) in [6.45, 7) is 1.45. The second kappa shape index (κ2) is 17.3. The van der Waals surface area contributed by atoms with E-state index < -0.39 is 71.5 Å². The van der Waals surface area contributed by atoms with Crippen LogP contribution in [0.1, 0.15) is 64.5 Å². The minimum absolute atomic E-state index is 0.0127. The second-order valence-electron chi connectivity index (χ2n) is 15.2. The summed E-state index contributed by atoms with van der Waals surface area (Å²) >= 11 is 0. The van der Waals surface area contributed by atoms with Gasteiger partial charge >= 0.3 is 24.0 Å². The molecule has 5 amide bonds. The van der Waals surface area contributed by atoms with Crippen LogP contribution in [-0.2, 0) is 24.5 Å². The molecular formula is C48H43N5O9. The Morgan fingerprint density at radius 3 is 2.13 bits per heavy atom. The SMILES string of the molecule is CC(NC(=O)N1C(=O)C2(c3cc(C#CCNC(N)=O)ccc31)C(C(=O)O)C1C(=O)OC(c3ccccc3)C(c3ccccc3)N1C2c1ccc(OCCO)cc1)c1ccccc1. The van der Waals surface area contributed by atoms with Crippen molar-refractivity contribution in [3.05, 3.63) is 167 Å². The van der Waals surface area contributed by atoms with Crippen LogP contribution in [0.2, 0.25) is 0 Å². The van der Waals surface area contributed by atoms with E-state index in [1.54, 1.807) is 54.3 Å². The molecule has 1 spiro atoms. The molecule has 5 aromatic rings. The maximum Gasteiger partial charge on any atom is 0.329 e. The van der Waals surface area contributed by atoms with Gasteiger partial charge in [0.2, 0.25) is 5.91 Å². The van der Waals surface area contributed by atoms with Crippen LogP contribution in [0.15, 0.2) is 133 Å². The zero-order chi connectivity index (χ0) is 43.5. The number of anilines is 1. The number of urea groups is 2. The largest absolute Gasteiger partial charge is 0.491 e. The number of esters is 1. The van der Waals surface area contributed by atoms with Gasteiger partial charge in [-0.3, -0.25) is 19.3 Å². The summed E-state index contributed by atoms with van der Waals surface area (Å²) in [5.74, 6) is 1.20. The zero-order valence-electron chi connectivity index (χ0n) is 33.5. The fourth-order valence-electron chi connectivity index (χ4n) is 9.23. The van der Waals surface area contributed by atoms with Gasteiger partial charge < -0.3 is 36.1 Å². The van der Waals surface area contributed by atoms with Crippen LogP contribution >= 0.6 is 0 Å². The molecule has 0 aliphatic carbocycles. The highest BCUT2D eigenvalue weighted by Gasteiger charge is 2.76. The Bertz CT molecular complexity index is 2560. The molecule has 7 atom stereocenters. The number of hydrogen-bond acceptors (Lipinski definition) is 9. The zero-order valence-corrected chi connectivity index (χ0v) is 33.5. The number of nitrogens with two attached hydrogens (primary N) is 1. The number of carbonyl (C=O) groups excluding carboxylic acids is 4. The van der Waals surface area contributed by atoms with Gasteiger partial charge in [0.25, 0.3) is 0 Å². The van der Waals surface area contributed by atoms with Crippen molar-refractivity contribution in [1.29, 1.82) is 0 Å². The molecule has 3 heterocycles. The van der Waals surface area contributed by atoms with Gasteiger partial charge in [0.1, 0.15) is 35.8 Å². The van der Waals surface area contributed by atoms with Crippen LogP contribution in [0.4, 0.5) is 15.3 Å². The fourth-order valence-corrected chi connectivity index (χ4v) is 9.23. The molecule has 314 valence electrons. The lowest BCUT2D eigenvalue weighted by molar-refractivity contribution is -0.179. The average molecular weight is 834 g/mol. The Morgan fingerprint density at radius 2 is 1.50 bits per heavy atom. The Hall–Kier alpha value is -7.47. The fraction of sp³-hybridized carbons (Fsp3) is 0.229. The summed E-state index contributed by atoms with van der Waals surface area (Å²) in [6.07, 6.45) is -0.960. The summed E-state index contributed by atoms with van der Waals surface area (Å²) < 4.78 is 12.0. The molecule has 6 N–H and O–H groups in total. The van der Waals surface area contributed by atoms with Crippen molar-refractivity contribution in [3.8, 4) is 17.6 Å². The van der Waals surface area contributed by atoms with Crippen molar-refractivity contribution in [3.63, 3.8) is 0 Å². The van der Waals surface area contributed by atoms with E-state index in [9.17, 15) is 29.4 Å². The first-order valence-corrected chi connectivity index (χ1v) is 20.1. The molecule has 8 rings (SSSR count). The lowest BCUT2D eigenvalue weighted by Gasteiger charge is -2.46. The van der Waals surface area contributed by atoms with Crippen molar-refractivity contribution in [2.24, 2.45) is 11.7 Å². The maximum absolute atomic E-state index is 16.0. The predicted octanol–water partition coefficient (Wildman–Crippen LogP) is 5.30. The predicted molar refractivity (Wildman–Crippen MR) is 226 cm³/mol. The number of amides is 5. The number of nitrogens with zero attached hydrogens (tertiary/aromatic N) is 2. The number of morpholine rings is 1. The van der Waals surface area contributed by atoms with Gasteiger partial charge in [0.15, 0.2) is 0 Å². The Balaban J connectivity index is 1.40. The van der Waals surface area contributed by atoms with Crippen LogP contribution in [0.5, 0.6) is 5.75 Å². The van der Waals surface area contributed by atoms with Crippen molar-refractivity contribution in [2.45, 2.75) is 42.6 Å². The average Bonchev–Trinajstić information content (AvgIpc) is 3.74. The number of ether oxygens (including phenoxy) is 2. The monoisotopic (exact) mass is 833 g/mol. The summed E-state index contributed by atoms with van der Waals surface area (Å²) in [7, 11) is 0. The molecule has 3 aliphatic heterocycles. The van der Waals surface area contributed by atoms with Gasteiger partial charge in [-0.1, -0.05) is 115 Å². The highest BCUT2D eigenvalue weighted by Crippen LogP contribution is 2.66. The molecule has 14 nitrogen and oxygen atoms in total. The molecule has 62 heavy (non-hydrogen) atoms. The molecule has 0 bridgehead atoms. The van der Waals surface area contributed by atoms with E-state index in [2.05, 4.69) is 22.5 Å². The van der Waals surface area contributed by atoms with Crippen LogP contribution in [0.3, 0.4) is 0 Å². The summed E-state index contributed by atoms with van der Waals surface area (Å²) in [6, 6.07) is 33.1. The van der Waals surface area contributed by atoms with E-state index in [1.807, 2.05) is 91.0 Å². The molecule has 0 saturated carbocycles. The third-order valence-corrected chi connectivity index (χ3v) is 11.7. The van der Waals surface area contributed by atoms with Gasteiger partial charge in [-0.2, -0.15) is 0 Å². The van der Waals surface area contributed by atoms with Gasteiger partial charge in [-0.25, -0.2) is 14.5 Å². The third kappa shape index (κ3) is 7.27. The van der Waals surface area contributed by atoms with Gasteiger partial charge in [0.05, 0.1) is 37.0 Å². The van der Waals surface area contributed by atoms with Crippen molar-refractivity contribution >= 4 is 35.6 Å². The van der Waals surface area contributed by atoms with E-state index >= 15 is 4.79 Å². The second-order valence-corrected chi connectivity index (χ2v) is 15.2. The van der Waals surface area contributed by atoms with Gasteiger partial charge in [-0.05, 0) is 65.1 Å². The number of cyclic esters (lactones) is 1. The quantitative estimate of drug-likeness (QED) is 0.0909. The number of aliphatic hydroxyl groups is 1. The van der Waals surface area contributed by atoms with Gasteiger partial charge in [-0.15, -0.1) is 0 Å². The molecule has 2 fully saturated rings. The van der Waals surface area contributed by atoms with E-state index in [0.717, 1.165) is 10.5 Å². The topological polar surface area (TPSA) is 201 Å². The first-order chi connectivity index (χ1) is 30.1. The number of fused-ring (bicyclic) bond motifs is 3. The van der Waals surface area contributed by atoms with Crippen LogP contribution in [-0.4, -0.2) is 70.8 Å². The minimum atomic E-state index is -2.17. The van der Waals surface area contributed by atoms with Crippen molar-refractivity contribution in [1.82, 2.24) is 15.5 Å². The van der Waals surface area contributed by atoms with E-state index in [1.165, 1.54) is 0 Å². The maximum atomic E-state index is 16.0. The highest BCUT2D eigenvalue weighted by atomic mass is 16.6. The third-order valence-electron chi connectivity index (χ3n) is 11.7. The number of aliphatic carboxylic acids is 1. The lowest BCUT2D eigenvalue weighted by atomic mass is 9.65. The number of primary amides is 1. The van der Waals surface area contributed by atoms with Crippen molar-refractivity contribution in [2.75, 3.05) is 24.7 Å². The number of nitrogens with one attached hydrogen (secondary N) is 2. The normalized spacial score (nSPS) is 23.0. The molecule has 0 aromatic heterocycles. The number of rotatable bonds is 10. The minimum Gasteiger partial charge on any atom is -0.491 e. The van der Waals surface area contributed by atoms with E-state index in [0.29, 0.717) is 28.0 Å². The first-order valence-electron chi connectivity index (χ1n) is 20.1. The molecule has 0 radical (unpaired) electrons. The number of benzene rings is 5. The number of aliphatic hydroxyl groups excluding tert-OH is 1. The van der Waals surface area contributed by atoms with Crippen LogP contribution in [0.25, 0.3) is 0 Å². The van der Waals surface area contributed by atoms with E-state index in [4.69, 9.17) is 15.2 Å². The smallest absolute Gasteiger partial charge is 0.329 e. The summed E-state index contributed by atoms with van der Waals surface area (Å²) in [5, 5.41) is 26.4. The molecular weight excluding hydrogens is 791 g/mol. The lowest BCUT2D eigenvalue weighted by Crippen LogP contribution is -2.54. The van der Waals surface area contributed by atoms with Gasteiger partial charge in [0, 0.05) is 5.56 Å². The number of imide groups is 1. The Kier molecular flexibility index (Phi) is 11.5. The first kappa shape index (κ1) is 41.3. The summed E-state index contributed by atoms with van der Waals surface area (Å²) in [4.78, 5) is 73.9. The number of carboxylic acid groups (broad SMARTS) is 1. The molecule has 5 aromatic carbocycles. The Morgan fingerprint density at radius 1 is 0.855 bits per heavy atom. The molecule has 2 saturated heterocycles. The van der Waals surface area contributed by atoms with E-state index in [-0.39, 0.29) is 31.0 Å². The molecule has 3 aliphatic rings. The Labute approximate surface area is 357 Å². The number of carbonyl (C=O) groups is 5.